The highest BCUT2D eigenvalue weighted by Gasteiger charge is 2.54. The van der Waals surface area contributed by atoms with Gasteiger partial charge in [0.05, 0.1) is 0 Å². The Kier molecular flexibility index (Phi) is 3.82. The van der Waals surface area contributed by atoms with Crippen molar-refractivity contribution in [3.8, 4) is 0 Å². The number of rotatable bonds is 4. The lowest BCUT2D eigenvalue weighted by atomic mass is 9.47. The molecule has 4 saturated carbocycles. The smallest absolute Gasteiger partial charge is 0.0124 e. The van der Waals surface area contributed by atoms with Gasteiger partial charge in [-0.05, 0) is 108 Å². The van der Waals surface area contributed by atoms with Gasteiger partial charge in [0, 0.05) is 12.6 Å². The van der Waals surface area contributed by atoms with E-state index in [-0.39, 0.29) is 0 Å². The van der Waals surface area contributed by atoms with Crippen molar-refractivity contribution in [2.45, 2.75) is 64.3 Å². The normalized spacial score (nSPS) is 47.7. The summed E-state index contributed by atoms with van der Waals surface area (Å²) in [6, 6.07) is 0.838. The quantitative estimate of drug-likeness (QED) is 0.852. The molecule has 4 aliphatic carbocycles. The average molecular weight is 290 g/mol. The fourth-order valence-electron chi connectivity index (χ4n) is 6.98. The van der Waals surface area contributed by atoms with E-state index in [1.165, 1.54) is 32.5 Å². The van der Waals surface area contributed by atoms with Gasteiger partial charge in [0.2, 0.25) is 0 Å². The fourth-order valence-corrected chi connectivity index (χ4v) is 6.98. The molecule has 1 saturated heterocycles. The predicted molar refractivity (Wildman–Crippen MR) is 88.3 cm³/mol. The topological polar surface area (TPSA) is 15.3 Å². The van der Waals surface area contributed by atoms with Crippen LogP contribution in [-0.2, 0) is 0 Å². The molecule has 0 spiro atoms. The molecule has 5 rings (SSSR count). The Morgan fingerprint density at radius 3 is 2.29 bits per heavy atom. The van der Waals surface area contributed by atoms with Crippen molar-refractivity contribution >= 4 is 0 Å². The van der Waals surface area contributed by atoms with Crippen molar-refractivity contribution in [1.29, 1.82) is 0 Å². The molecule has 1 aliphatic heterocycles. The van der Waals surface area contributed by atoms with Gasteiger partial charge in [0.1, 0.15) is 0 Å². The van der Waals surface area contributed by atoms with Crippen LogP contribution in [0.1, 0.15) is 58.3 Å². The Morgan fingerprint density at radius 1 is 1.10 bits per heavy atom. The van der Waals surface area contributed by atoms with Crippen molar-refractivity contribution in [3.05, 3.63) is 0 Å². The van der Waals surface area contributed by atoms with Crippen LogP contribution in [0.4, 0.5) is 0 Å². The number of nitrogens with zero attached hydrogens (tertiary/aromatic N) is 1. The van der Waals surface area contributed by atoms with Gasteiger partial charge < -0.3 is 5.32 Å². The van der Waals surface area contributed by atoms with Crippen molar-refractivity contribution in [1.82, 2.24) is 10.2 Å². The van der Waals surface area contributed by atoms with E-state index >= 15 is 0 Å². The molecule has 0 aromatic heterocycles. The van der Waals surface area contributed by atoms with Crippen LogP contribution in [0.15, 0.2) is 0 Å². The maximum Gasteiger partial charge on any atom is 0.0124 e. The predicted octanol–water partition coefficient (Wildman–Crippen LogP) is 3.52. The third-order valence-electron chi connectivity index (χ3n) is 7.56. The number of hydrogen-bond acceptors (Lipinski definition) is 2. The molecule has 2 nitrogen and oxygen atoms in total. The second kappa shape index (κ2) is 5.53. The van der Waals surface area contributed by atoms with E-state index in [2.05, 4.69) is 24.2 Å². The van der Waals surface area contributed by atoms with Crippen molar-refractivity contribution < 1.29 is 0 Å². The van der Waals surface area contributed by atoms with Gasteiger partial charge in [-0.3, -0.25) is 4.90 Å². The molecule has 0 aromatic carbocycles. The summed E-state index contributed by atoms with van der Waals surface area (Å²) in [6.07, 6.45) is 12.3. The van der Waals surface area contributed by atoms with Gasteiger partial charge in [-0.25, -0.2) is 0 Å². The first kappa shape index (κ1) is 14.5. The zero-order valence-corrected chi connectivity index (χ0v) is 14.1. The maximum atomic E-state index is 3.41. The maximum absolute atomic E-state index is 3.41. The van der Waals surface area contributed by atoms with E-state index in [9.17, 15) is 0 Å². The first-order valence-electron chi connectivity index (χ1n) is 9.57. The Labute approximate surface area is 131 Å². The molecule has 1 N–H and O–H groups in total. The number of hydrogen-bond donors (Lipinski definition) is 1. The summed E-state index contributed by atoms with van der Waals surface area (Å²) in [5.41, 5.74) is 0.705. The summed E-state index contributed by atoms with van der Waals surface area (Å²) < 4.78 is 0. The molecule has 2 heteroatoms. The van der Waals surface area contributed by atoms with Crippen molar-refractivity contribution in [2.75, 3.05) is 26.7 Å². The van der Waals surface area contributed by atoms with Crippen LogP contribution in [0.2, 0.25) is 0 Å². The number of piperidine rings is 1. The average Bonchev–Trinajstić information content (AvgIpc) is 2.46. The second-order valence-corrected chi connectivity index (χ2v) is 9.02. The van der Waals surface area contributed by atoms with Crippen LogP contribution >= 0.6 is 0 Å². The Balaban J connectivity index is 1.47. The van der Waals surface area contributed by atoms with Crippen LogP contribution in [0.25, 0.3) is 0 Å². The number of nitrogens with one attached hydrogen (secondary N) is 1. The van der Waals surface area contributed by atoms with Crippen molar-refractivity contribution in [3.63, 3.8) is 0 Å². The molecule has 2 unspecified atom stereocenters. The molecule has 2 atom stereocenters. The zero-order chi connectivity index (χ0) is 14.4. The monoisotopic (exact) mass is 290 g/mol. The molecule has 4 bridgehead atoms. The van der Waals surface area contributed by atoms with Crippen LogP contribution in [0.3, 0.4) is 0 Å². The van der Waals surface area contributed by atoms with E-state index in [0.29, 0.717) is 5.41 Å². The van der Waals surface area contributed by atoms with Crippen molar-refractivity contribution in [2.24, 2.45) is 29.1 Å². The van der Waals surface area contributed by atoms with Gasteiger partial charge in [-0.1, -0.05) is 0 Å². The minimum atomic E-state index is 0.705. The van der Waals surface area contributed by atoms with Gasteiger partial charge >= 0.3 is 0 Å². The summed E-state index contributed by atoms with van der Waals surface area (Å²) >= 11 is 0. The molecule has 5 aliphatic rings. The first-order chi connectivity index (χ1) is 10.2. The summed E-state index contributed by atoms with van der Waals surface area (Å²) in [7, 11) is 2.11. The summed E-state index contributed by atoms with van der Waals surface area (Å²) in [5, 5.41) is 3.41. The lowest BCUT2D eigenvalue weighted by Gasteiger charge is -2.61. The lowest BCUT2D eigenvalue weighted by molar-refractivity contribution is -0.102. The standard InChI is InChI=1S/C19H34N2/c1-14(21-5-3-4-15(13-21)12-20-2)19-9-16-6-17(10-19)8-18(7-16)11-19/h14-18,20H,3-13H2,1-2H3. The summed E-state index contributed by atoms with van der Waals surface area (Å²) in [4.78, 5) is 2.89. The van der Waals surface area contributed by atoms with E-state index in [1.807, 2.05) is 0 Å². The van der Waals surface area contributed by atoms with E-state index < -0.39 is 0 Å². The molecule has 0 aromatic rings. The molecule has 120 valence electrons. The molecular weight excluding hydrogens is 256 g/mol. The van der Waals surface area contributed by atoms with E-state index in [1.54, 1.807) is 38.5 Å². The van der Waals surface area contributed by atoms with Crippen LogP contribution in [0, 0.1) is 29.1 Å². The van der Waals surface area contributed by atoms with Crippen LogP contribution < -0.4 is 5.32 Å². The molecule has 0 amide bonds. The molecule has 0 radical (unpaired) electrons. The highest BCUT2D eigenvalue weighted by molar-refractivity contribution is 5.06. The molecule has 5 fully saturated rings. The van der Waals surface area contributed by atoms with Gasteiger partial charge in [0.25, 0.3) is 0 Å². The van der Waals surface area contributed by atoms with Gasteiger partial charge in [-0.2, -0.15) is 0 Å². The first-order valence-corrected chi connectivity index (χ1v) is 9.57. The van der Waals surface area contributed by atoms with Crippen LogP contribution in [0.5, 0.6) is 0 Å². The third kappa shape index (κ3) is 2.57. The molecule has 21 heavy (non-hydrogen) atoms. The Bertz CT molecular complexity index is 340. The SMILES string of the molecule is CNCC1CCCN(C(C)C23CC4CC(CC(C4)C2)C3)C1. The van der Waals surface area contributed by atoms with E-state index in [4.69, 9.17) is 0 Å². The Hall–Kier alpha value is -0.0800. The number of likely N-dealkylation sites (tertiary alicyclic amines) is 1. The van der Waals surface area contributed by atoms with E-state index in [0.717, 1.165) is 29.7 Å². The highest BCUT2D eigenvalue weighted by Crippen LogP contribution is 2.62. The largest absolute Gasteiger partial charge is 0.319 e. The highest BCUT2D eigenvalue weighted by atomic mass is 15.2. The molecule has 1 heterocycles. The Morgan fingerprint density at radius 2 is 1.71 bits per heavy atom. The third-order valence-corrected chi connectivity index (χ3v) is 7.56. The van der Waals surface area contributed by atoms with Crippen LogP contribution in [-0.4, -0.2) is 37.6 Å². The minimum absolute atomic E-state index is 0.705. The molecular formula is C19H34N2. The summed E-state index contributed by atoms with van der Waals surface area (Å²) in [6.45, 7) is 6.52. The lowest BCUT2D eigenvalue weighted by Crippen LogP contribution is -2.57. The zero-order valence-electron chi connectivity index (χ0n) is 14.1. The summed E-state index contributed by atoms with van der Waals surface area (Å²) in [5.74, 6) is 4.17. The van der Waals surface area contributed by atoms with Gasteiger partial charge in [0.15, 0.2) is 0 Å². The van der Waals surface area contributed by atoms with Gasteiger partial charge in [-0.15, -0.1) is 0 Å². The fraction of sp³-hybridized carbons (Fsp3) is 1.00. The minimum Gasteiger partial charge on any atom is -0.319 e. The second-order valence-electron chi connectivity index (χ2n) is 9.02.